The van der Waals surface area contributed by atoms with Crippen molar-refractivity contribution in [2.45, 2.75) is 18.9 Å². The van der Waals surface area contributed by atoms with E-state index in [1.165, 1.54) is 16.9 Å². The first-order valence-corrected chi connectivity index (χ1v) is 9.03. The van der Waals surface area contributed by atoms with E-state index in [-0.39, 0.29) is 12.0 Å². The number of thiophene rings is 1. The van der Waals surface area contributed by atoms with Gasteiger partial charge >= 0.3 is 12.0 Å². The molecule has 0 bridgehead atoms. The van der Waals surface area contributed by atoms with Gasteiger partial charge in [-0.15, -0.1) is 11.3 Å². The predicted octanol–water partition coefficient (Wildman–Crippen LogP) is 3.41. The molecule has 2 N–H and O–H groups in total. The van der Waals surface area contributed by atoms with Crippen molar-refractivity contribution in [3.8, 4) is 0 Å². The highest BCUT2D eigenvalue weighted by Gasteiger charge is 2.39. The lowest BCUT2D eigenvalue weighted by molar-refractivity contribution is -0.148. The molecule has 2 amide bonds. The summed E-state index contributed by atoms with van der Waals surface area (Å²) in [5, 5.41) is 7.28. The van der Waals surface area contributed by atoms with Crippen molar-refractivity contribution in [2.75, 3.05) is 6.61 Å². The smallest absolute Gasteiger partial charge is 0.319 e. The first kappa shape index (κ1) is 17.2. The second kappa shape index (κ2) is 7.98. The maximum atomic E-state index is 12.6. The van der Waals surface area contributed by atoms with Crippen molar-refractivity contribution in [2.24, 2.45) is 5.92 Å². The molecule has 1 fully saturated rings. The zero-order valence-electron chi connectivity index (χ0n) is 13.7. The number of hydrogen-bond acceptors (Lipinski definition) is 4. The van der Waals surface area contributed by atoms with E-state index in [0.717, 1.165) is 17.7 Å². The molecule has 0 spiro atoms. The molecule has 3 rings (SSSR count). The highest BCUT2D eigenvalue weighted by molar-refractivity contribution is 7.10. The van der Waals surface area contributed by atoms with E-state index < -0.39 is 12.0 Å². The van der Waals surface area contributed by atoms with E-state index in [9.17, 15) is 9.59 Å². The van der Waals surface area contributed by atoms with Gasteiger partial charge in [0.25, 0.3) is 0 Å². The maximum Gasteiger partial charge on any atom is 0.319 e. The second-order valence-corrected chi connectivity index (χ2v) is 6.83. The molecule has 1 aliphatic heterocycles. The van der Waals surface area contributed by atoms with Crippen LogP contribution < -0.4 is 10.6 Å². The van der Waals surface area contributed by atoms with Crippen LogP contribution in [0.1, 0.15) is 22.9 Å². The Morgan fingerprint density at radius 1 is 1.20 bits per heavy atom. The number of amides is 2. The summed E-state index contributed by atoms with van der Waals surface area (Å²) in [5.41, 5.74) is 1.58. The molecule has 0 radical (unpaired) electrons. The van der Waals surface area contributed by atoms with Crippen molar-refractivity contribution in [1.82, 2.24) is 10.6 Å². The van der Waals surface area contributed by atoms with Crippen molar-refractivity contribution >= 4 is 23.3 Å². The largest absolute Gasteiger partial charge is 0.465 e. The minimum absolute atomic E-state index is 0.336. The van der Waals surface area contributed by atoms with Gasteiger partial charge in [0, 0.05) is 10.6 Å². The fourth-order valence-electron chi connectivity index (χ4n) is 2.85. The summed E-state index contributed by atoms with van der Waals surface area (Å²) >= 11 is 1.49. The van der Waals surface area contributed by atoms with Crippen LogP contribution in [-0.4, -0.2) is 18.6 Å². The molecule has 0 saturated carbocycles. The van der Waals surface area contributed by atoms with Crippen molar-refractivity contribution < 1.29 is 14.3 Å². The minimum Gasteiger partial charge on any atom is -0.465 e. The zero-order chi connectivity index (χ0) is 17.6. The fraction of sp³-hybridized carbons (Fsp3) is 0.263. The quantitative estimate of drug-likeness (QED) is 0.616. The molecule has 25 heavy (non-hydrogen) atoms. The lowest BCUT2D eigenvalue weighted by atomic mass is 9.93. The Balaban J connectivity index is 1.58. The monoisotopic (exact) mass is 356 g/mol. The summed E-state index contributed by atoms with van der Waals surface area (Å²) in [4.78, 5) is 25.2. The number of ether oxygens (including phenoxy) is 1. The molecule has 1 aromatic heterocycles. The number of hydrogen-bond donors (Lipinski definition) is 2. The van der Waals surface area contributed by atoms with Crippen LogP contribution in [0.2, 0.25) is 0 Å². The van der Waals surface area contributed by atoms with E-state index >= 15 is 0 Å². The highest BCUT2D eigenvalue weighted by Crippen LogP contribution is 2.32. The number of carbonyl (C=O) groups excluding carboxylic acids is 2. The van der Waals surface area contributed by atoms with Gasteiger partial charge in [-0.2, -0.15) is 0 Å². The Bertz CT molecular complexity index is 743. The minimum atomic E-state index is -0.631. The molecule has 2 heterocycles. The third-order valence-electron chi connectivity index (χ3n) is 4.07. The van der Waals surface area contributed by atoms with Crippen LogP contribution in [0.5, 0.6) is 0 Å². The average molecular weight is 356 g/mol. The van der Waals surface area contributed by atoms with Crippen LogP contribution >= 0.6 is 11.3 Å². The Kier molecular flexibility index (Phi) is 5.50. The van der Waals surface area contributed by atoms with Crippen LogP contribution in [0, 0.1) is 5.92 Å². The van der Waals surface area contributed by atoms with Gasteiger partial charge < -0.3 is 15.4 Å². The van der Waals surface area contributed by atoms with Crippen LogP contribution in [0.4, 0.5) is 4.79 Å². The summed E-state index contributed by atoms with van der Waals surface area (Å²) in [7, 11) is 0. The Morgan fingerprint density at radius 3 is 2.72 bits per heavy atom. The van der Waals surface area contributed by atoms with Crippen LogP contribution in [0.25, 0.3) is 0 Å². The molecule has 6 heteroatoms. The Morgan fingerprint density at radius 2 is 2.00 bits per heavy atom. The summed E-state index contributed by atoms with van der Waals surface area (Å²) < 4.78 is 5.45. The van der Waals surface area contributed by atoms with Gasteiger partial charge in [0.05, 0.1) is 12.6 Å². The van der Waals surface area contributed by atoms with E-state index in [4.69, 9.17) is 4.74 Å². The van der Waals surface area contributed by atoms with Gasteiger partial charge in [-0.1, -0.05) is 43.0 Å². The molecule has 130 valence electrons. The molecule has 0 aliphatic carbocycles. The van der Waals surface area contributed by atoms with Crippen LogP contribution in [0.15, 0.2) is 60.1 Å². The van der Waals surface area contributed by atoms with Crippen LogP contribution in [0.3, 0.4) is 0 Å². The lowest BCUT2D eigenvalue weighted by Crippen LogP contribution is -2.50. The summed E-state index contributed by atoms with van der Waals surface area (Å²) in [6.07, 6.45) is 1.60. The number of aryl methyl sites for hydroxylation is 1. The average Bonchev–Trinajstić information content (AvgIpc) is 3.13. The normalized spacial score (nSPS) is 19.8. The molecule has 1 saturated heterocycles. The number of benzene rings is 1. The van der Waals surface area contributed by atoms with Crippen molar-refractivity contribution in [1.29, 1.82) is 0 Å². The summed E-state index contributed by atoms with van der Waals surface area (Å²) in [5.74, 6) is -1.00. The standard InChI is InChI=1S/C19H20N2O3S/c1-13-16(17(21-19(23)20-13)15-10-6-12-25-15)18(22)24-11-5-9-14-7-3-2-4-8-14/h2-4,6-8,10,12,16-17H,1,5,9,11H2,(H2,20,21,23)/t16-,17-/m1/s1. The number of carbonyl (C=O) groups is 2. The molecule has 5 nitrogen and oxygen atoms in total. The molecular formula is C19H20N2O3S. The first-order valence-electron chi connectivity index (χ1n) is 8.15. The number of rotatable bonds is 6. The zero-order valence-corrected chi connectivity index (χ0v) is 14.6. The van der Waals surface area contributed by atoms with Gasteiger partial charge in [0.15, 0.2) is 0 Å². The van der Waals surface area contributed by atoms with E-state index in [2.05, 4.69) is 29.3 Å². The topological polar surface area (TPSA) is 67.4 Å². The van der Waals surface area contributed by atoms with Gasteiger partial charge in [0.2, 0.25) is 0 Å². The van der Waals surface area contributed by atoms with E-state index in [0.29, 0.717) is 12.3 Å². The Labute approximate surface area is 150 Å². The SMILES string of the molecule is C=C1NC(=O)N[C@H](c2cccs2)[C@@H]1C(=O)OCCCc1ccccc1. The first-order chi connectivity index (χ1) is 12.1. The number of esters is 1. The lowest BCUT2D eigenvalue weighted by Gasteiger charge is -2.32. The molecule has 1 aromatic carbocycles. The summed E-state index contributed by atoms with van der Waals surface area (Å²) in [6, 6.07) is 13.1. The van der Waals surface area contributed by atoms with Gasteiger partial charge in [-0.25, -0.2) is 4.79 Å². The highest BCUT2D eigenvalue weighted by atomic mass is 32.1. The summed E-state index contributed by atoms with van der Waals surface area (Å²) in [6.45, 7) is 4.17. The van der Waals surface area contributed by atoms with Crippen molar-refractivity contribution in [3.05, 3.63) is 70.6 Å². The molecular weight excluding hydrogens is 336 g/mol. The van der Waals surface area contributed by atoms with Gasteiger partial charge in [0.1, 0.15) is 5.92 Å². The molecule has 0 unspecified atom stereocenters. The van der Waals surface area contributed by atoms with Crippen molar-refractivity contribution in [3.63, 3.8) is 0 Å². The maximum absolute atomic E-state index is 12.6. The number of nitrogens with one attached hydrogen (secondary N) is 2. The number of urea groups is 1. The predicted molar refractivity (Wildman–Crippen MR) is 97.1 cm³/mol. The molecule has 2 aromatic rings. The fourth-order valence-corrected chi connectivity index (χ4v) is 3.66. The van der Waals surface area contributed by atoms with Gasteiger partial charge in [-0.05, 0) is 29.9 Å². The van der Waals surface area contributed by atoms with E-state index in [1.807, 2.05) is 35.7 Å². The Hall–Kier alpha value is -2.60. The third-order valence-corrected chi connectivity index (χ3v) is 5.03. The van der Waals surface area contributed by atoms with E-state index in [1.54, 1.807) is 0 Å². The molecule has 2 atom stereocenters. The van der Waals surface area contributed by atoms with Gasteiger partial charge in [-0.3, -0.25) is 4.79 Å². The molecule has 1 aliphatic rings. The van der Waals surface area contributed by atoms with Crippen LogP contribution in [-0.2, 0) is 16.0 Å². The third kappa shape index (κ3) is 4.28. The second-order valence-electron chi connectivity index (χ2n) is 5.85.